The topological polar surface area (TPSA) is 145 Å². The molecule has 8 heteroatoms. The van der Waals surface area contributed by atoms with Crippen molar-refractivity contribution in [3.8, 4) is 0 Å². The third-order valence-corrected chi connectivity index (χ3v) is 5.13. The maximum Gasteiger partial charge on any atom is 0.377 e. The summed E-state index contributed by atoms with van der Waals surface area (Å²) in [5.74, 6) is -3.44. The summed E-state index contributed by atoms with van der Waals surface area (Å²) < 4.78 is 4.32. The van der Waals surface area contributed by atoms with Crippen LogP contribution in [0.3, 0.4) is 0 Å². The Morgan fingerprint density at radius 1 is 0.938 bits per heavy atom. The highest BCUT2D eigenvalue weighted by Gasteiger charge is 2.38. The molecule has 0 spiro atoms. The SMILES string of the molecule is CCCCCCCC/C=C\CCCCCCCC(=O)O.O=C1O[C@H](C(O)CO)C(O)=C1O. The summed E-state index contributed by atoms with van der Waals surface area (Å²) in [6.45, 7) is 1.59. The van der Waals surface area contributed by atoms with Crippen molar-refractivity contribution in [2.24, 2.45) is 0 Å². The molecule has 0 bridgehead atoms. The highest BCUT2D eigenvalue weighted by atomic mass is 16.6. The summed E-state index contributed by atoms with van der Waals surface area (Å²) in [7, 11) is 0. The van der Waals surface area contributed by atoms with E-state index in [1.54, 1.807) is 0 Å². The van der Waals surface area contributed by atoms with E-state index in [2.05, 4.69) is 23.8 Å². The Kier molecular flexibility index (Phi) is 18.3. The van der Waals surface area contributed by atoms with Crippen LogP contribution >= 0.6 is 0 Å². The van der Waals surface area contributed by atoms with E-state index in [0.717, 1.165) is 12.8 Å². The second kappa shape index (κ2) is 19.6. The quantitative estimate of drug-likeness (QED) is 0.120. The van der Waals surface area contributed by atoms with Gasteiger partial charge in [-0.25, -0.2) is 4.79 Å². The van der Waals surface area contributed by atoms with E-state index >= 15 is 0 Å². The normalized spacial score (nSPS) is 16.7. The van der Waals surface area contributed by atoms with Crippen LogP contribution < -0.4 is 0 Å². The molecule has 0 aromatic rings. The van der Waals surface area contributed by atoms with Crippen LogP contribution in [0.15, 0.2) is 23.7 Å². The molecular formula is C24H42O8. The van der Waals surface area contributed by atoms with E-state index in [-0.39, 0.29) is 0 Å². The molecule has 2 atom stereocenters. The summed E-state index contributed by atoms with van der Waals surface area (Å²) in [5, 5.41) is 43.6. The molecule has 5 N–H and O–H groups in total. The molecule has 0 aromatic carbocycles. The second-order valence-corrected chi connectivity index (χ2v) is 8.04. The van der Waals surface area contributed by atoms with E-state index in [1.807, 2.05) is 0 Å². The van der Waals surface area contributed by atoms with Gasteiger partial charge >= 0.3 is 11.9 Å². The zero-order valence-corrected chi connectivity index (χ0v) is 19.4. The number of allylic oxidation sites excluding steroid dienone is 2. The fourth-order valence-corrected chi connectivity index (χ4v) is 3.17. The Balaban J connectivity index is 0.000000677. The zero-order chi connectivity index (χ0) is 24.2. The van der Waals surface area contributed by atoms with Gasteiger partial charge in [-0.3, -0.25) is 4.79 Å². The Bertz CT molecular complexity index is 570. The molecule has 0 fully saturated rings. The second-order valence-electron chi connectivity index (χ2n) is 8.04. The first-order valence-electron chi connectivity index (χ1n) is 11.8. The number of hydrogen-bond donors (Lipinski definition) is 5. The number of unbranched alkanes of at least 4 members (excludes halogenated alkanes) is 11. The lowest BCUT2D eigenvalue weighted by Crippen LogP contribution is -2.31. The van der Waals surface area contributed by atoms with Gasteiger partial charge in [0.25, 0.3) is 0 Å². The van der Waals surface area contributed by atoms with Gasteiger partial charge in [0.1, 0.15) is 6.10 Å². The summed E-state index contributed by atoms with van der Waals surface area (Å²) in [5.41, 5.74) is 0. The van der Waals surface area contributed by atoms with Crippen LogP contribution in [-0.4, -0.2) is 56.3 Å². The van der Waals surface area contributed by atoms with Crippen molar-refractivity contribution in [2.75, 3.05) is 6.61 Å². The van der Waals surface area contributed by atoms with Crippen LogP contribution in [0, 0.1) is 0 Å². The number of hydrogen-bond acceptors (Lipinski definition) is 7. The van der Waals surface area contributed by atoms with Crippen LogP contribution in [0.4, 0.5) is 0 Å². The lowest BCUT2D eigenvalue weighted by atomic mass is 10.1. The number of aliphatic carboxylic acids is 1. The van der Waals surface area contributed by atoms with Crippen molar-refractivity contribution >= 4 is 11.9 Å². The summed E-state index contributed by atoms with van der Waals surface area (Å²) in [6.07, 6.45) is 18.5. The van der Waals surface area contributed by atoms with Gasteiger partial charge in [0.05, 0.1) is 6.61 Å². The zero-order valence-electron chi connectivity index (χ0n) is 19.4. The van der Waals surface area contributed by atoms with Gasteiger partial charge in [0.2, 0.25) is 5.76 Å². The van der Waals surface area contributed by atoms with Gasteiger partial charge in [-0.05, 0) is 32.1 Å². The number of esters is 1. The van der Waals surface area contributed by atoms with Crippen LogP contribution in [0.1, 0.15) is 96.8 Å². The Morgan fingerprint density at radius 2 is 1.44 bits per heavy atom. The van der Waals surface area contributed by atoms with Crippen LogP contribution in [0.5, 0.6) is 0 Å². The van der Waals surface area contributed by atoms with E-state index in [1.165, 1.54) is 70.6 Å². The first kappa shape index (κ1) is 29.9. The van der Waals surface area contributed by atoms with E-state index in [9.17, 15) is 9.59 Å². The number of carbonyl (C=O) groups excluding carboxylic acids is 1. The molecular weight excluding hydrogens is 416 g/mol. The fraction of sp³-hybridized carbons (Fsp3) is 0.750. The molecule has 8 nitrogen and oxygen atoms in total. The highest BCUT2D eigenvalue weighted by Crippen LogP contribution is 2.20. The number of cyclic esters (lactones) is 1. The molecule has 1 heterocycles. The Labute approximate surface area is 191 Å². The number of aliphatic hydroxyl groups excluding tert-OH is 4. The molecule has 0 amide bonds. The molecule has 1 rings (SSSR count). The summed E-state index contributed by atoms with van der Waals surface area (Å²) >= 11 is 0. The predicted octanol–water partition coefficient (Wildman–Crippen LogP) is 4.70. The largest absolute Gasteiger partial charge is 0.505 e. The van der Waals surface area contributed by atoms with Crippen LogP contribution in [0.2, 0.25) is 0 Å². The lowest BCUT2D eigenvalue weighted by molar-refractivity contribution is -0.147. The van der Waals surface area contributed by atoms with Crippen molar-refractivity contribution in [3.63, 3.8) is 0 Å². The van der Waals surface area contributed by atoms with Crippen molar-refractivity contribution in [1.29, 1.82) is 0 Å². The number of carbonyl (C=O) groups is 2. The number of carboxylic acid groups (broad SMARTS) is 1. The first-order chi connectivity index (χ1) is 15.3. The maximum absolute atomic E-state index is 10.5. The monoisotopic (exact) mass is 458 g/mol. The Hall–Kier alpha value is -2.06. The molecule has 1 unspecified atom stereocenters. The first-order valence-corrected chi connectivity index (χ1v) is 11.8. The van der Waals surface area contributed by atoms with Crippen LogP contribution in [0.25, 0.3) is 0 Å². The minimum absolute atomic E-state index is 0.332. The molecule has 0 saturated carbocycles. The number of aliphatic hydroxyl groups is 4. The van der Waals surface area contributed by atoms with Crippen molar-refractivity contribution in [1.82, 2.24) is 0 Å². The average molecular weight is 459 g/mol. The van der Waals surface area contributed by atoms with E-state index in [4.69, 9.17) is 25.5 Å². The maximum atomic E-state index is 10.5. The van der Waals surface area contributed by atoms with Gasteiger partial charge in [-0.15, -0.1) is 0 Å². The molecule has 1 aliphatic rings. The molecule has 32 heavy (non-hydrogen) atoms. The van der Waals surface area contributed by atoms with Gasteiger partial charge in [0.15, 0.2) is 11.9 Å². The minimum atomic E-state index is -1.42. The number of carboxylic acids is 1. The number of ether oxygens (including phenoxy) is 1. The molecule has 0 radical (unpaired) electrons. The standard InChI is InChI=1S/C18H34O2.C6H8O6/c1-2-3-4-5-6-7-8-9-10-11-12-13-14-15-16-17-18(19)20;7-1-2(8)5-3(9)4(10)6(11)12-5/h9-10H,2-8,11-17H2,1H3,(H,19,20);2,5,7-10H,1H2/b10-9-;/t;2?,5-/m.1/s1. The summed E-state index contributed by atoms with van der Waals surface area (Å²) in [6, 6.07) is 0. The number of rotatable bonds is 17. The molecule has 0 saturated heterocycles. The van der Waals surface area contributed by atoms with Gasteiger partial charge in [-0.2, -0.15) is 0 Å². The predicted molar refractivity (Wildman–Crippen MR) is 122 cm³/mol. The molecule has 0 aromatic heterocycles. The highest BCUT2D eigenvalue weighted by molar-refractivity contribution is 5.89. The van der Waals surface area contributed by atoms with Crippen LogP contribution in [-0.2, 0) is 14.3 Å². The van der Waals surface area contributed by atoms with Gasteiger partial charge in [-0.1, -0.05) is 70.4 Å². The van der Waals surface area contributed by atoms with Crippen molar-refractivity contribution < 1.29 is 39.9 Å². The Morgan fingerprint density at radius 3 is 1.88 bits per heavy atom. The van der Waals surface area contributed by atoms with Gasteiger partial charge < -0.3 is 30.3 Å². The lowest BCUT2D eigenvalue weighted by Gasteiger charge is -2.13. The minimum Gasteiger partial charge on any atom is -0.505 e. The molecule has 186 valence electrons. The van der Waals surface area contributed by atoms with E-state index < -0.39 is 42.3 Å². The van der Waals surface area contributed by atoms with E-state index in [0.29, 0.717) is 6.42 Å². The third kappa shape index (κ3) is 14.9. The fourth-order valence-electron chi connectivity index (χ4n) is 3.17. The molecule has 1 aliphatic heterocycles. The van der Waals surface area contributed by atoms with Crippen molar-refractivity contribution in [3.05, 3.63) is 23.7 Å². The summed E-state index contributed by atoms with van der Waals surface area (Å²) in [4.78, 5) is 20.9. The van der Waals surface area contributed by atoms with Gasteiger partial charge in [0, 0.05) is 6.42 Å². The average Bonchev–Trinajstić information content (AvgIpc) is 3.03. The molecule has 0 aliphatic carbocycles. The smallest absolute Gasteiger partial charge is 0.377 e. The third-order valence-electron chi connectivity index (χ3n) is 5.13. The van der Waals surface area contributed by atoms with Crippen molar-refractivity contribution in [2.45, 2.75) is 109 Å².